The van der Waals surface area contributed by atoms with Crippen LogP contribution in [0.4, 0.5) is 4.79 Å². The van der Waals surface area contributed by atoms with Crippen molar-refractivity contribution in [3.05, 3.63) is 28.2 Å². The molecule has 7 nitrogen and oxygen atoms in total. The number of carbonyl (C=O) groups is 1. The van der Waals surface area contributed by atoms with E-state index in [1.807, 2.05) is 48.5 Å². The fourth-order valence-corrected chi connectivity index (χ4v) is 2.48. The summed E-state index contributed by atoms with van der Waals surface area (Å²) in [5.41, 5.74) is -0.370. The van der Waals surface area contributed by atoms with Crippen molar-refractivity contribution in [1.82, 2.24) is 9.88 Å². The van der Waals surface area contributed by atoms with Crippen LogP contribution in [-0.4, -0.2) is 34.5 Å². The highest BCUT2D eigenvalue weighted by molar-refractivity contribution is 6.62. The smallest absolute Gasteiger partial charge is 0.445 e. The molecule has 144 valence electrons. The first-order chi connectivity index (χ1) is 11.7. The van der Waals surface area contributed by atoms with Gasteiger partial charge < -0.3 is 23.9 Å². The molecule has 1 saturated heterocycles. The van der Waals surface area contributed by atoms with Crippen LogP contribution >= 0.6 is 0 Å². The summed E-state index contributed by atoms with van der Waals surface area (Å²) in [7, 11) is 1.02. The van der Waals surface area contributed by atoms with E-state index < -0.39 is 30.0 Å². The highest BCUT2D eigenvalue weighted by Gasteiger charge is 2.52. The van der Waals surface area contributed by atoms with Gasteiger partial charge in [0.05, 0.1) is 11.2 Å². The van der Waals surface area contributed by atoms with Crippen LogP contribution in [0.25, 0.3) is 0 Å². The molecule has 2 heterocycles. The number of hydrogen-bond acceptors (Lipinski definition) is 5. The summed E-state index contributed by atoms with van der Waals surface area (Å²) < 4.78 is 18.9. The quantitative estimate of drug-likeness (QED) is 0.827. The highest BCUT2D eigenvalue weighted by atomic mass is 16.7. The van der Waals surface area contributed by atoms with Crippen molar-refractivity contribution in [2.75, 3.05) is 0 Å². The lowest BCUT2D eigenvalue weighted by Crippen LogP contribution is -2.42. The third kappa shape index (κ3) is 4.48. The molecule has 2 rings (SSSR count). The fraction of sp³-hybridized carbons (Fsp3) is 0.667. The van der Waals surface area contributed by atoms with Crippen molar-refractivity contribution in [3.63, 3.8) is 0 Å². The lowest BCUT2D eigenvalue weighted by Gasteiger charge is -2.32. The van der Waals surface area contributed by atoms with E-state index in [9.17, 15) is 9.59 Å². The van der Waals surface area contributed by atoms with Gasteiger partial charge in [0.15, 0.2) is 0 Å². The molecule has 0 aliphatic carbocycles. The van der Waals surface area contributed by atoms with Crippen LogP contribution < -0.4 is 16.3 Å². The van der Waals surface area contributed by atoms with E-state index in [0.29, 0.717) is 11.0 Å². The highest BCUT2D eigenvalue weighted by Crippen LogP contribution is 2.36. The minimum absolute atomic E-state index is 0.0442. The predicted molar refractivity (Wildman–Crippen MR) is 100 cm³/mol. The summed E-state index contributed by atoms with van der Waals surface area (Å²) >= 11 is 0. The van der Waals surface area contributed by atoms with E-state index >= 15 is 0 Å². The van der Waals surface area contributed by atoms with Crippen molar-refractivity contribution in [2.45, 2.75) is 71.8 Å². The topological polar surface area (TPSA) is 78.8 Å². The molecule has 0 aromatic carbocycles. The Labute approximate surface area is 155 Å². The summed E-state index contributed by atoms with van der Waals surface area (Å²) in [4.78, 5) is 24.0. The number of ether oxygens (including phenoxy) is 1. The Hall–Kier alpha value is -1.80. The van der Waals surface area contributed by atoms with E-state index in [1.54, 1.807) is 13.2 Å². The van der Waals surface area contributed by atoms with E-state index in [4.69, 9.17) is 14.0 Å². The molecule has 8 heteroatoms. The molecule has 26 heavy (non-hydrogen) atoms. The van der Waals surface area contributed by atoms with Crippen LogP contribution in [0.1, 0.15) is 54.0 Å². The summed E-state index contributed by atoms with van der Waals surface area (Å²) in [6.07, 6.45) is 1.13. The second-order valence-corrected chi connectivity index (χ2v) is 8.74. The van der Waals surface area contributed by atoms with Crippen LogP contribution in [0.2, 0.25) is 0 Å². The van der Waals surface area contributed by atoms with Crippen molar-refractivity contribution in [1.29, 1.82) is 0 Å². The minimum atomic E-state index is -0.643. The summed E-state index contributed by atoms with van der Waals surface area (Å²) in [6, 6.07) is 1.45. The number of aryl methyl sites for hydroxylation is 1. The molecule has 1 aliphatic heterocycles. The second-order valence-electron chi connectivity index (χ2n) is 8.74. The number of alkyl carbamates (subject to hydrolysis) is 1. The van der Waals surface area contributed by atoms with Crippen molar-refractivity contribution >= 4 is 18.7 Å². The number of nitrogens with zero attached hydrogens (tertiary/aromatic N) is 1. The van der Waals surface area contributed by atoms with E-state index in [2.05, 4.69) is 5.32 Å². The van der Waals surface area contributed by atoms with Gasteiger partial charge in [-0.15, -0.1) is 0 Å². The molecule has 1 aromatic heterocycles. The number of aromatic nitrogens is 1. The fourth-order valence-electron chi connectivity index (χ4n) is 2.48. The van der Waals surface area contributed by atoms with Crippen molar-refractivity contribution < 1.29 is 18.8 Å². The van der Waals surface area contributed by atoms with E-state index in [-0.39, 0.29) is 12.2 Å². The first kappa shape index (κ1) is 20.5. The Bertz CT molecular complexity index is 733. The third-order valence-electron chi connectivity index (χ3n) is 4.69. The minimum Gasteiger partial charge on any atom is -0.445 e. The third-order valence-corrected chi connectivity index (χ3v) is 4.69. The molecule has 1 amide bonds. The van der Waals surface area contributed by atoms with Crippen LogP contribution in [-0.2, 0) is 27.7 Å². The van der Waals surface area contributed by atoms with Gasteiger partial charge in [0, 0.05) is 30.3 Å². The van der Waals surface area contributed by atoms with E-state index in [0.717, 1.165) is 0 Å². The molecule has 0 unspecified atom stereocenters. The molecule has 1 N–H and O–H groups in total. The van der Waals surface area contributed by atoms with Gasteiger partial charge in [-0.3, -0.25) is 4.79 Å². The maximum Gasteiger partial charge on any atom is 0.496 e. The Morgan fingerprint density at radius 1 is 1.23 bits per heavy atom. The number of nitrogens with one attached hydrogen (secondary N) is 1. The molecule has 0 radical (unpaired) electrons. The Morgan fingerprint density at radius 3 is 2.27 bits per heavy atom. The van der Waals surface area contributed by atoms with Gasteiger partial charge >= 0.3 is 13.2 Å². The monoisotopic (exact) mass is 364 g/mol. The van der Waals surface area contributed by atoms with Crippen molar-refractivity contribution in [2.24, 2.45) is 7.05 Å². The van der Waals surface area contributed by atoms with Gasteiger partial charge in [-0.05, 0) is 54.0 Å². The van der Waals surface area contributed by atoms with Gasteiger partial charge in [0.1, 0.15) is 6.61 Å². The first-order valence-corrected chi connectivity index (χ1v) is 8.72. The Kier molecular flexibility index (Phi) is 5.32. The van der Waals surface area contributed by atoms with Gasteiger partial charge in [-0.25, -0.2) is 4.79 Å². The zero-order chi connectivity index (χ0) is 19.9. The molecule has 1 fully saturated rings. The molecule has 0 atom stereocenters. The van der Waals surface area contributed by atoms with Gasteiger partial charge in [0.2, 0.25) is 0 Å². The Balaban J connectivity index is 2.26. The molecule has 0 saturated carbocycles. The van der Waals surface area contributed by atoms with Gasteiger partial charge in [0.25, 0.3) is 5.56 Å². The standard InChI is InChI=1S/C18H29BN2O5/c1-16(2,3)20-15(23)24-11-12-9-14(22)21(8)10-13(12)19-25-17(4,5)18(6,7)26-19/h9-10H,11H2,1-8H3,(H,20,23). The average molecular weight is 364 g/mol. The van der Waals surface area contributed by atoms with E-state index in [1.165, 1.54) is 10.6 Å². The number of amides is 1. The normalized spacial score (nSPS) is 18.7. The molecule has 0 spiro atoms. The predicted octanol–water partition coefficient (Wildman–Crippen LogP) is 1.71. The number of carbonyl (C=O) groups excluding carboxylic acids is 1. The van der Waals surface area contributed by atoms with Crippen LogP contribution in [0, 0.1) is 0 Å². The van der Waals surface area contributed by atoms with Crippen LogP contribution in [0.15, 0.2) is 17.1 Å². The summed E-state index contributed by atoms with van der Waals surface area (Å²) in [5.74, 6) is 0. The van der Waals surface area contributed by atoms with Crippen LogP contribution in [0.5, 0.6) is 0 Å². The maximum absolute atomic E-state index is 12.1. The average Bonchev–Trinajstić information content (AvgIpc) is 2.66. The van der Waals surface area contributed by atoms with Gasteiger partial charge in [-0.1, -0.05) is 0 Å². The van der Waals surface area contributed by atoms with Crippen molar-refractivity contribution in [3.8, 4) is 0 Å². The number of pyridine rings is 1. The molecular formula is C18H29BN2O5. The summed E-state index contributed by atoms with van der Waals surface area (Å²) in [5, 5.41) is 2.72. The lowest BCUT2D eigenvalue weighted by molar-refractivity contribution is 0.00578. The zero-order valence-electron chi connectivity index (χ0n) is 16.9. The lowest BCUT2D eigenvalue weighted by atomic mass is 9.77. The summed E-state index contributed by atoms with van der Waals surface area (Å²) in [6.45, 7) is 13.4. The second kappa shape index (κ2) is 6.74. The zero-order valence-corrected chi connectivity index (χ0v) is 16.9. The molecule has 0 bridgehead atoms. The SMILES string of the molecule is Cn1cc(B2OC(C)(C)C(C)(C)O2)c(COC(=O)NC(C)(C)C)cc1=O. The molecule has 1 aromatic rings. The van der Waals surface area contributed by atoms with Gasteiger partial charge in [-0.2, -0.15) is 0 Å². The molecular weight excluding hydrogens is 335 g/mol. The molecule has 1 aliphatic rings. The Morgan fingerprint density at radius 2 is 1.77 bits per heavy atom. The number of rotatable bonds is 3. The first-order valence-electron chi connectivity index (χ1n) is 8.72. The van der Waals surface area contributed by atoms with Crippen LogP contribution in [0.3, 0.4) is 0 Å². The largest absolute Gasteiger partial charge is 0.496 e. The number of hydrogen-bond donors (Lipinski definition) is 1. The maximum atomic E-state index is 12.1.